The van der Waals surface area contributed by atoms with E-state index in [1.807, 2.05) is 0 Å². The van der Waals surface area contributed by atoms with E-state index in [-0.39, 0.29) is 11.3 Å². The molecule has 0 radical (unpaired) electrons. The van der Waals surface area contributed by atoms with Crippen LogP contribution in [0.25, 0.3) is 0 Å². The van der Waals surface area contributed by atoms with Gasteiger partial charge in [-0.15, -0.1) is 0 Å². The molecule has 1 N–H and O–H groups in total. The number of nitrogens with one attached hydrogen (secondary N) is 1. The summed E-state index contributed by atoms with van der Waals surface area (Å²) in [4.78, 5) is 11.2. The van der Waals surface area contributed by atoms with Crippen LogP contribution >= 0.6 is 0 Å². The lowest BCUT2D eigenvalue weighted by atomic mass is 9.75. The fourth-order valence-corrected chi connectivity index (χ4v) is 1.55. The average molecular weight is 185 g/mol. The van der Waals surface area contributed by atoms with Crippen molar-refractivity contribution in [2.75, 3.05) is 7.05 Å². The first kappa shape index (κ1) is 12.5. The summed E-state index contributed by atoms with van der Waals surface area (Å²) < 4.78 is 0. The lowest BCUT2D eigenvalue weighted by Crippen LogP contribution is -2.28. The minimum Gasteiger partial charge on any atom is -0.359 e. The highest BCUT2D eigenvalue weighted by molar-refractivity contribution is 5.75. The molecule has 1 amide bonds. The normalized spacial score (nSPS) is 13.9. The van der Waals surface area contributed by atoms with E-state index in [2.05, 4.69) is 33.0 Å². The minimum absolute atomic E-state index is 0.150. The zero-order valence-corrected chi connectivity index (χ0v) is 9.61. The molecule has 0 fully saturated rings. The summed E-state index contributed by atoms with van der Waals surface area (Å²) in [7, 11) is 1.70. The van der Waals surface area contributed by atoms with Gasteiger partial charge in [-0.3, -0.25) is 4.79 Å². The molecule has 0 aliphatic rings. The molecule has 78 valence electrons. The van der Waals surface area contributed by atoms with E-state index in [0.29, 0.717) is 12.3 Å². The first-order valence-electron chi connectivity index (χ1n) is 5.14. The Balaban J connectivity index is 4.07. The quantitative estimate of drug-likeness (QED) is 0.701. The topological polar surface area (TPSA) is 29.1 Å². The van der Waals surface area contributed by atoms with E-state index < -0.39 is 0 Å². The molecular weight excluding hydrogens is 162 g/mol. The van der Waals surface area contributed by atoms with Gasteiger partial charge in [-0.05, 0) is 17.8 Å². The third kappa shape index (κ3) is 4.30. The molecule has 0 rings (SSSR count). The van der Waals surface area contributed by atoms with Crippen molar-refractivity contribution < 1.29 is 4.79 Å². The molecule has 1 atom stereocenters. The average Bonchev–Trinajstić information content (AvgIpc) is 2.04. The Hall–Kier alpha value is -0.530. The lowest BCUT2D eigenvalue weighted by Gasteiger charge is -2.31. The van der Waals surface area contributed by atoms with Crippen LogP contribution in [0, 0.1) is 11.3 Å². The second kappa shape index (κ2) is 5.25. The highest BCUT2D eigenvalue weighted by Gasteiger charge is 2.26. The number of hydrogen-bond donors (Lipinski definition) is 1. The summed E-state index contributed by atoms with van der Waals surface area (Å²) in [6, 6.07) is 0. The monoisotopic (exact) mass is 185 g/mol. The molecule has 2 heteroatoms. The van der Waals surface area contributed by atoms with Gasteiger partial charge in [0, 0.05) is 13.5 Å². The summed E-state index contributed by atoms with van der Waals surface area (Å²) in [6.45, 7) is 8.83. The Morgan fingerprint density at radius 1 is 1.46 bits per heavy atom. The van der Waals surface area contributed by atoms with Gasteiger partial charge in [0.1, 0.15) is 0 Å². The van der Waals surface area contributed by atoms with Crippen molar-refractivity contribution in [3.05, 3.63) is 0 Å². The van der Waals surface area contributed by atoms with Gasteiger partial charge in [-0.25, -0.2) is 0 Å². The Labute approximate surface area is 82.1 Å². The molecule has 0 aromatic carbocycles. The van der Waals surface area contributed by atoms with Gasteiger partial charge in [0.15, 0.2) is 0 Å². The van der Waals surface area contributed by atoms with Crippen LogP contribution in [0.15, 0.2) is 0 Å². The van der Waals surface area contributed by atoms with E-state index in [1.54, 1.807) is 7.05 Å². The predicted molar refractivity (Wildman–Crippen MR) is 56.5 cm³/mol. The fraction of sp³-hybridized carbons (Fsp3) is 0.909. The SMILES string of the molecule is CCCC(C)(C)C(C)CC(=O)NC. The van der Waals surface area contributed by atoms with Gasteiger partial charge in [-0.2, -0.15) is 0 Å². The van der Waals surface area contributed by atoms with E-state index in [0.717, 1.165) is 0 Å². The van der Waals surface area contributed by atoms with Crippen molar-refractivity contribution in [3.8, 4) is 0 Å². The largest absolute Gasteiger partial charge is 0.359 e. The molecule has 0 aliphatic carbocycles. The van der Waals surface area contributed by atoms with Crippen LogP contribution in [0.2, 0.25) is 0 Å². The number of amides is 1. The summed E-state index contributed by atoms with van der Waals surface area (Å²) in [5, 5.41) is 2.67. The molecule has 0 spiro atoms. The predicted octanol–water partition coefficient (Wildman–Crippen LogP) is 2.58. The van der Waals surface area contributed by atoms with E-state index in [9.17, 15) is 4.79 Å². The maximum atomic E-state index is 11.2. The fourth-order valence-electron chi connectivity index (χ4n) is 1.55. The Morgan fingerprint density at radius 3 is 2.38 bits per heavy atom. The number of hydrogen-bond acceptors (Lipinski definition) is 1. The summed E-state index contributed by atoms with van der Waals surface area (Å²) >= 11 is 0. The summed E-state index contributed by atoms with van der Waals surface area (Å²) in [5.41, 5.74) is 0.279. The maximum absolute atomic E-state index is 11.2. The molecule has 1 unspecified atom stereocenters. The smallest absolute Gasteiger partial charge is 0.220 e. The molecule has 0 aromatic rings. The van der Waals surface area contributed by atoms with Crippen molar-refractivity contribution in [1.29, 1.82) is 0 Å². The maximum Gasteiger partial charge on any atom is 0.220 e. The first-order chi connectivity index (χ1) is 5.94. The number of carbonyl (C=O) groups is 1. The highest BCUT2D eigenvalue weighted by atomic mass is 16.1. The first-order valence-corrected chi connectivity index (χ1v) is 5.14. The van der Waals surface area contributed by atoms with Gasteiger partial charge < -0.3 is 5.32 Å². The molecule has 0 bridgehead atoms. The van der Waals surface area contributed by atoms with Crippen LogP contribution in [-0.4, -0.2) is 13.0 Å². The molecular formula is C11H23NO. The van der Waals surface area contributed by atoms with Gasteiger partial charge >= 0.3 is 0 Å². The van der Waals surface area contributed by atoms with Crippen molar-refractivity contribution in [3.63, 3.8) is 0 Å². The number of rotatable bonds is 5. The van der Waals surface area contributed by atoms with Crippen LogP contribution in [0.3, 0.4) is 0 Å². The summed E-state index contributed by atoms with van der Waals surface area (Å²) in [5.74, 6) is 0.601. The zero-order valence-electron chi connectivity index (χ0n) is 9.61. The molecule has 13 heavy (non-hydrogen) atoms. The minimum atomic E-state index is 0.150. The Bertz CT molecular complexity index is 163. The molecule has 0 heterocycles. The van der Waals surface area contributed by atoms with Gasteiger partial charge in [0.05, 0.1) is 0 Å². The molecule has 2 nitrogen and oxygen atoms in total. The van der Waals surface area contributed by atoms with Gasteiger partial charge in [-0.1, -0.05) is 34.1 Å². The molecule has 0 saturated carbocycles. The van der Waals surface area contributed by atoms with Crippen LogP contribution in [0.5, 0.6) is 0 Å². The zero-order chi connectivity index (χ0) is 10.5. The molecule has 0 aromatic heterocycles. The lowest BCUT2D eigenvalue weighted by molar-refractivity contribution is -0.122. The van der Waals surface area contributed by atoms with Crippen LogP contribution in [0.1, 0.15) is 47.0 Å². The van der Waals surface area contributed by atoms with Crippen LogP contribution in [-0.2, 0) is 4.79 Å². The molecule has 0 saturated heterocycles. The Kier molecular flexibility index (Phi) is 5.04. The molecule has 0 aliphatic heterocycles. The van der Waals surface area contributed by atoms with Crippen molar-refractivity contribution >= 4 is 5.91 Å². The van der Waals surface area contributed by atoms with E-state index in [4.69, 9.17) is 0 Å². The Morgan fingerprint density at radius 2 is 2.00 bits per heavy atom. The third-order valence-corrected chi connectivity index (χ3v) is 3.00. The second-order valence-electron chi connectivity index (χ2n) is 4.52. The van der Waals surface area contributed by atoms with Crippen molar-refractivity contribution in [1.82, 2.24) is 5.32 Å². The number of carbonyl (C=O) groups excluding carboxylic acids is 1. The highest BCUT2D eigenvalue weighted by Crippen LogP contribution is 2.33. The van der Waals surface area contributed by atoms with Gasteiger partial charge in [0.2, 0.25) is 5.91 Å². The summed E-state index contributed by atoms with van der Waals surface area (Å²) in [6.07, 6.45) is 3.01. The van der Waals surface area contributed by atoms with Crippen molar-refractivity contribution in [2.24, 2.45) is 11.3 Å². The van der Waals surface area contributed by atoms with Crippen LogP contribution in [0.4, 0.5) is 0 Å². The third-order valence-electron chi connectivity index (χ3n) is 3.00. The van der Waals surface area contributed by atoms with Gasteiger partial charge in [0.25, 0.3) is 0 Å². The van der Waals surface area contributed by atoms with E-state index in [1.165, 1.54) is 12.8 Å². The van der Waals surface area contributed by atoms with E-state index >= 15 is 0 Å². The van der Waals surface area contributed by atoms with Crippen LogP contribution < -0.4 is 5.32 Å². The standard InChI is InChI=1S/C11H23NO/c1-6-7-11(3,4)9(2)8-10(13)12-5/h9H,6-8H2,1-5H3,(H,12,13). The van der Waals surface area contributed by atoms with Crippen molar-refractivity contribution in [2.45, 2.75) is 47.0 Å². The second-order valence-corrected chi connectivity index (χ2v) is 4.52.